The molecule has 1 heterocycles. The molecular weight excluding hydrogens is 270 g/mol. The summed E-state index contributed by atoms with van der Waals surface area (Å²) in [5.74, 6) is 0.632. The first-order valence-corrected chi connectivity index (χ1v) is 6.57. The van der Waals surface area contributed by atoms with Gasteiger partial charge in [0.25, 0.3) is 5.56 Å². The predicted molar refractivity (Wildman–Crippen MR) is 79.2 cm³/mol. The van der Waals surface area contributed by atoms with Gasteiger partial charge in [-0.2, -0.15) is 5.10 Å². The van der Waals surface area contributed by atoms with E-state index in [1.807, 2.05) is 24.3 Å². The molecule has 0 unspecified atom stereocenters. The maximum atomic E-state index is 11.7. The summed E-state index contributed by atoms with van der Waals surface area (Å²) >= 11 is 0. The molecule has 1 aromatic heterocycles. The molecule has 0 aliphatic rings. The highest BCUT2D eigenvalue weighted by Gasteiger charge is 2.04. The molecule has 2 rings (SSSR count). The van der Waals surface area contributed by atoms with Crippen LogP contribution in [0.2, 0.25) is 0 Å². The summed E-state index contributed by atoms with van der Waals surface area (Å²) in [7, 11) is 1.61. The Morgan fingerprint density at radius 2 is 1.95 bits per heavy atom. The third-order valence-corrected chi connectivity index (χ3v) is 2.95. The molecule has 0 saturated heterocycles. The summed E-state index contributed by atoms with van der Waals surface area (Å²) in [6.07, 6.45) is 0. The van der Waals surface area contributed by atoms with E-state index in [4.69, 9.17) is 4.74 Å². The molecule has 0 radical (unpaired) electrons. The molecule has 0 aliphatic carbocycles. The van der Waals surface area contributed by atoms with Gasteiger partial charge in [-0.1, -0.05) is 0 Å². The normalized spacial score (nSPS) is 10.2. The van der Waals surface area contributed by atoms with E-state index in [-0.39, 0.29) is 11.5 Å². The summed E-state index contributed by atoms with van der Waals surface area (Å²) in [6.45, 7) is 2.14. The second-order valence-electron chi connectivity index (χ2n) is 4.49. The van der Waals surface area contributed by atoms with E-state index in [9.17, 15) is 9.59 Å². The summed E-state index contributed by atoms with van der Waals surface area (Å²) in [5, 5.41) is 6.95. The van der Waals surface area contributed by atoms with Gasteiger partial charge in [0.2, 0.25) is 5.91 Å². The average molecular weight is 287 g/mol. The van der Waals surface area contributed by atoms with Gasteiger partial charge < -0.3 is 10.1 Å². The number of nitrogens with zero attached hydrogens (tertiary/aromatic N) is 2. The van der Waals surface area contributed by atoms with E-state index >= 15 is 0 Å². The van der Waals surface area contributed by atoms with Crippen LogP contribution < -0.4 is 15.6 Å². The largest absolute Gasteiger partial charge is 0.497 e. The Hall–Kier alpha value is -2.63. The van der Waals surface area contributed by atoms with Crippen LogP contribution in [0.3, 0.4) is 0 Å². The van der Waals surface area contributed by atoms with Crippen molar-refractivity contribution >= 4 is 5.91 Å². The van der Waals surface area contributed by atoms with Crippen molar-refractivity contribution in [1.82, 2.24) is 15.1 Å². The SMILES string of the molecule is COc1ccc(-c2ccc(=O)n(CCNC(C)=O)n2)cc1. The smallest absolute Gasteiger partial charge is 0.266 e. The van der Waals surface area contributed by atoms with Gasteiger partial charge in [-0.05, 0) is 30.3 Å². The van der Waals surface area contributed by atoms with Gasteiger partial charge >= 0.3 is 0 Å². The first kappa shape index (κ1) is 14.8. The van der Waals surface area contributed by atoms with Gasteiger partial charge in [-0.3, -0.25) is 9.59 Å². The molecule has 0 saturated carbocycles. The highest BCUT2D eigenvalue weighted by atomic mass is 16.5. The number of rotatable bonds is 5. The van der Waals surface area contributed by atoms with Crippen LogP contribution in [0.4, 0.5) is 0 Å². The quantitative estimate of drug-likeness (QED) is 0.892. The maximum Gasteiger partial charge on any atom is 0.266 e. The first-order chi connectivity index (χ1) is 10.1. The Bertz CT molecular complexity index is 677. The van der Waals surface area contributed by atoms with Crippen LogP contribution in [0.25, 0.3) is 11.3 Å². The fourth-order valence-corrected chi connectivity index (χ4v) is 1.86. The Morgan fingerprint density at radius 3 is 2.57 bits per heavy atom. The summed E-state index contributed by atoms with van der Waals surface area (Å²) in [5.41, 5.74) is 1.39. The minimum absolute atomic E-state index is 0.130. The van der Waals surface area contributed by atoms with E-state index in [0.29, 0.717) is 18.8 Å². The Kier molecular flexibility index (Phi) is 4.71. The molecular formula is C15H17N3O3. The third-order valence-electron chi connectivity index (χ3n) is 2.95. The molecule has 110 valence electrons. The molecule has 6 heteroatoms. The van der Waals surface area contributed by atoms with Crippen molar-refractivity contribution in [2.45, 2.75) is 13.5 Å². The lowest BCUT2D eigenvalue weighted by molar-refractivity contribution is -0.118. The lowest BCUT2D eigenvalue weighted by Crippen LogP contribution is -2.30. The van der Waals surface area contributed by atoms with Crippen LogP contribution in [0.5, 0.6) is 5.75 Å². The molecule has 0 aliphatic heterocycles. The summed E-state index contributed by atoms with van der Waals surface area (Å²) in [6, 6.07) is 10.6. The predicted octanol–water partition coefficient (Wildman–Crippen LogP) is 1.05. The molecule has 2 aromatic rings. The van der Waals surface area contributed by atoms with Gasteiger partial charge in [-0.15, -0.1) is 0 Å². The molecule has 6 nitrogen and oxygen atoms in total. The topological polar surface area (TPSA) is 73.2 Å². The lowest BCUT2D eigenvalue weighted by Gasteiger charge is -2.08. The van der Waals surface area contributed by atoms with Crippen molar-refractivity contribution in [2.24, 2.45) is 0 Å². The second kappa shape index (κ2) is 6.69. The maximum absolute atomic E-state index is 11.7. The minimum Gasteiger partial charge on any atom is -0.497 e. The standard InChI is InChI=1S/C15H17N3O3/c1-11(19)16-9-10-18-15(20)8-7-14(17-18)12-3-5-13(21-2)6-4-12/h3-8H,9-10H2,1-2H3,(H,16,19). The van der Waals surface area contributed by atoms with E-state index in [0.717, 1.165) is 11.3 Å². The molecule has 1 amide bonds. The second-order valence-corrected chi connectivity index (χ2v) is 4.49. The Balaban J connectivity index is 2.20. The Morgan fingerprint density at radius 1 is 1.24 bits per heavy atom. The molecule has 0 bridgehead atoms. The third kappa shape index (κ3) is 3.92. The van der Waals surface area contributed by atoms with Gasteiger partial charge in [0.1, 0.15) is 5.75 Å². The molecule has 0 fully saturated rings. The number of hydrogen-bond donors (Lipinski definition) is 1. The van der Waals surface area contributed by atoms with E-state index < -0.39 is 0 Å². The van der Waals surface area contributed by atoms with Gasteiger partial charge in [0, 0.05) is 25.1 Å². The Labute approximate surface area is 122 Å². The number of benzene rings is 1. The molecule has 0 atom stereocenters. The highest BCUT2D eigenvalue weighted by molar-refractivity contribution is 5.72. The zero-order valence-corrected chi connectivity index (χ0v) is 12.0. The van der Waals surface area contributed by atoms with Crippen LogP contribution in [0.15, 0.2) is 41.2 Å². The summed E-state index contributed by atoms with van der Waals surface area (Å²) in [4.78, 5) is 22.6. The summed E-state index contributed by atoms with van der Waals surface area (Å²) < 4.78 is 6.45. The van der Waals surface area contributed by atoms with E-state index in [2.05, 4.69) is 10.4 Å². The number of nitrogens with one attached hydrogen (secondary N) is 1. The number of carbonyl (C=O) groups excluding carboxylic acids is 1. The van der Waals surface area contributed by atoms with Crippen molar-refractivity contribution in [2.75, 3.05) is 13.7 Å². The molecule has 0 spiro atoms. The van der Waals surface area contributed by atoms with Crippen LogP contribution >= 0.6 is 0 Å². The molecule has 1 aromatic carbocycles. The van der Waals surface area contributed by atoms with Crippen molar-refractivity contribution in [1.29, 1.82) is 0 Å². The highest BCUT2D eigenvalue weighted by Crippen LogP contribution is 2.19. The van der Waals surface area contributed by atoms with Crippen LogP contribution in [-0.2, 0) is 11.3 Å². The van der Waals surface area contributed by atoms with Crippen molar-refractivity contribution < 1.29 is 9.53 Å². The average Bonchev–Trinajstić information content (AvgIpc) is 2.49. The van der Waals surface area contributed by atoms with Gasteiger partial charge in [0.05, 0.1) is 19.3 Å². The number of carbonyl (C=O) groups is 1. The number of methoxy groups -OCH3 is 1. The minimum atomic E-state index is -0.197. The molecule has 1 N–H and O–H groups in total. The monoisotopic (exact) mass is 287 g/mol. The zero-order chi connectivity index (χ0) is 15.2. The fraction of sp³-hybridized carbons (Fsp3) is 0.267. The van der Waals surface area contributed by atoms with Crippen molar-refractivity contribution in [3.05, 3.63) is 46.8 Å². The fourth-order valence-electron chi connectivity index (χ4n) is 1.86. The van der Waals surface area contributed by atoms with Gasteiger partial charge in [-0.25, -0.2) is 4.68 Å². The van der Waals surface area contributed by atoms with E-state index in [1.165, 1.54) is 17.7 Å². The lowest BCUT2D eigenvalue weighted by atomic mass is 10.1. The van der Waals surface area contributed by atoms with Gasteiger partial charge in [0.15, 0.2) is 0 Å². The van der Waals surface area contributed by atoms with Crippen molar-refractivity contribution in [3.63, 3.8) is 0 Å². The number of hydrogen-bond acceptors (Lipinski definition) is 4. The first-order valence-electron chi connectivity index (χ1n) is 6.57. The molecule has 21 heavy (non-hydrogen) atoms. The number of aromatic nitrogens is 2. The van der Waals surface area contributed by atoms with Crippen LogP contribution in [0, 0.1) is 0 Å². The number of amides is 1. The number of ether oxygens (including phenoxy) is 1. The van der Waals surface area contributed by atoms with Crippen LogP contribution in [-0.4, -0.2) is 29.3 Å². The zero-order valence-electron chi connectivity index (χ0n) is 12.0. The van der Waals surface area contributed by atoms with Crippen molar-refractivity contribution in [3.8, 4) is 17.0 Å². The van der Waals surface area contributed by atoms with E-state index in [1.54, 1.807) is 13.2 Å². The van der Waals surface area contributed by atoms with Crippen LogP contribution in [0.1, 0.15) is 6.92 Å².